The molecule has 5 heteroatoms. The van der Waals surface area contributed by atoms with Gasteiger partial charge in [-0.3, -0.25) is 0 Å². The van der Waals surface area contributed by atoms with Crippen molar-refractivity contribution < 1.29 is 33.1 Å². The van der Waals surface area contributed by atoms with Crippen LogP contribution >= 0.6 is 7.37 Å². The number of benzene rings is 2. The summed E-state index contributed by atoms with van der Waals surface area (Å²) in [6.07, 6.45) is 2.56. The van der Waals surface area contributed by atoms with Gasteiger partial charge in [-0.2, -0.15) is 0 Å². The molecule has 0 atom stereocenters. The van der Waals surface area contributed by atoms with Crippen molar-refractivity contribution in [3.8, 4) is 0 Å². The van der Waals surface area contributed by atoms with E-state index in [-0.39, 0.29) is 18.9 Å². The van der Waals surface area contributed by atoms with Gasteiger partial charge in [0.25, 0.3) is 0 Å². The van der Waals surface area contributed by atoms with Gasteiger partial charge in [0.2, 0.25) is 0 Å². The normalized spacial score (nSPS) is 13.8. The summed E-state index contributed by atoms with van der Waals surface area (Å²) >= 11 is 0. The van der Waals surface area contributed by atoms with Gasteiger partial charge in [0.1, 0.15) is 0 Å². The predicted molar refractivity (Wildman–Crippen MR) is 79.8 cm³/mol. The minimum atomic E-state index is -3.65. The molecular weight excluding hydrogens is 278 g/mol. The van der Waals surface area contributed by atoms with E-state index in [1.165, 1.54) is 12.8 Å². The maximum absolute atomic E-state index is 12.1. The molecule has 0 unspecified atom stereocenters. The van der Waals surface area contributed by atoms with Crippen LogP contribution in [0.1, 0.15) is 12.8 Å². The molecule has 1 heterocycles. The summed E-state index contributed by atoms with van der Waals surface area (Å²) in [5.74, 6) is 0. The van der Waals surface area contributed by atoms with Crippen molar-refractivity contribution in [3.63, 3.8) is 0 Å². The Hall–Kier alpha value is -0.813. The monoisotopic (exact) mass is 296 g/mol. The number of ether oxygens (including phenoxy) is 1. The van der Waals surface area contributed by atoms with E-state index in [9.17, 15) is 9.46 Å². The summed E-state index contributed by atoms with van der Waals surface area (Å²) in [6, 6.07) is 16.9. The van der Waals surface area contributed by atoms with E-state index >= 15 is 0 Å². The van der Waals surface area contributed by atoms with E-state index in [1.807, 2.05) is 0 Å². The van der Waals surface area contributed by atoms with E-state index in [0.29, 0.717) is 10.6 Å². The molecule has 0 radical (unpaired) electrons. The van der Waals surface area contributed by atoms with Crippen LogP contribution in [0.2, 0.25) is 0 Å². The van der Waals surface area contributed by atoms with Crippen molar-refractivity contribution in [2.75, 3.05) is 13.2 Å². The van der Waals surface area contributed by atoms with Crippen LogP contribution in [0, 0.1) is 0 Å². The molecule has 106 valence electrons. The van der Waals surface area contributed by atoms with Crippen LogP contribution < -0.4 is 34.4 Å². The second-order valence-electron chi connectivity index (χ2n) is 4.54. The Morgan fingerprint density at radius 3 is 1.48 bits per heavy atom. The molecule has 21 heavy (non-hydrogen) atoms. The molecule has 0 aromatic heterocycles. The summed E-state index contributed by atoms with van der Waals surface area (Å²) in [5, 5.41) is 0.715. The van der Waals surface area contributed by atoms with Gasteiger partial charge in [-0.25, -0.2) is 0 Å². The molecule has 0 bridgehead atoms. The van der Waals surface area contributed by atoms with Crippen LogP contribution in [-0.2, 0) is 9.30 Å². The second-order valence-corrected chi connectivity index (χ2v) is 6.68. The van der Waals surface area contributed by atoms with E-state index in [4.69, 9.17) is 4.74 Å². The molecule has 3 rings (SSSR count). The Balaban J connectivity index is 0.000000313. The fourth-order valence-corrected chi connectivity index (χ4v) is 3.34. The third-order valence-electron chi connectivity index (χ3n) is 3.02. The quantitative estimate of drug-likeness (QED) is 0.532. The topological polar surface area (TPSA) is 49.4 Å². The summed E-state index contributed by atoms with van der Waals surface area (Å²) in [7, 11) is -3.65. The van der Waals surface area contributed by atoms with Crippen molar-refractivity contribution in [2.24, 2.45) is 0 Å². The van der Waals surface area contributed by atoms with Gasteiger partial charge in [-0.1, -0.05) is 60.7 Å². The second kappa shape index (κ2) is 9.25. The van der Waals surface area contributed by atoms with Gasteiger partial charge in [0, 0.05) is 23.8 Å². The molecule has 1 fully saturated rings. The van der Waals surface area contributed by atoms with E-state index in [1.54, 1.807) is 60.7 Å². The first-order chi connectivity index (χ1) is 9.71. The SMILES string of the molecule is C1CCOC1.O=P([O-])(c1ccccc1)c1ccccc1.[Li+]. The molecule has 3 nitrogen and oxygen atoms in total. The minimum Gasteiger partial charge on any atom is -0.793 e. The van der Waals surface area contributed by atoms with Gasteiger partial charge in [0.05, 0.1) is 7.37 Å². The van der Waals surface area contributed by atoms with Gasteiger partial charge in [-0.15, -0.1) is 0 Å². The van der Waals surface area contributed by atoms with Crippen LogP contribution in [0.4, 0.5) is 0 Å². The zero-order valence-electron chi connectivity index (χ0n) is 12.3. The van der Waals surface area contributed by atoms with Gasteiger partial charge in [0.15, 0.2) is 0 Å². The van der Waals surface area contributed by atoms with E-state index in [2.05, 4.69) is 0 Å². The molecule has 0 spiro atoms. The number of hydrogen-bond donors (Lipinski definition) is 0. The van der Waals surface area contributed by atoms with Crippen molar-refractivity contribution in [1.82, 2.24) is 0 Å². The van der Waals surface area contributed by atoms with E-state index < -0.39 is 7.37 Å². The van der Waals surface area contributed by atoms with Crippen LogP contribution in [0.15, 0.2) is 60.7 Å². The molecule has 1 saturated heterocycles. The Bertz CT molecular complexity index is 505. The average molecular weight is 296 g/mol. The predicted octanol–water partition coefficient (Wildman–Crippen LogP) is -0.923. The Kier molecular flexibility index (Phi) is 8.04. The maximum atomic E-state index is 12.1. The van der Waals surface area contributed by atoms with Gasteiger partial charge in [-0.05, 0) is 12.8 Å². The van der Waals surface area contributed by atoms with Crippen LogP contribution in [0.3, 0.4) is 0 Å². The molecule has 0 aliphatic carbocycles. The molecule has 2 aromatic carbocycles. The average Bonchev–Trinajstić information content (AvgIpc) is 3.09. The zero-order chi connectivity index (χ0) is 14.3. The van der Waals surface area contributed by atoms with Crippen molar-refractivity contribution in [1.29, 1.82) is 0 Å². The summed E-state index contributed by atoms with van der Waals surface area (Å²) in [5.41, 5.74) is 0. The number of rotatable bonds is 2. The summed E-state index contributed by atoms with van der Waals surface area (Å²) in [4.78, 5) is 12.1. The molecule has 1 aliphatic heterocycles. The summed E-state index contributed by atoms with van der Waals surface area (Å²) in [6.45, 7) is 2.00. The molecule has 1 aliphatic rings. The maximum Gasteiger partial charge on any atom is 1.00 e. The van der Waals surface area contributed by atoms with Crippen LogP contribution in [-0.4, -0.2) is 13.2 Å². The smallest absolute Gasteiger partial charge is 0.793 e. The molecule has 2 aromatic rings. The largest absolute Gasteiger partial charge is 1.00 e. The third kappa shape index (κ3) is 5.47. The Labute approximate surface area is 138 Å². The number of hydrogen-bond acceptors (Lipinski definition) is 3. The van der Waals surface area contributed by atoms with Crippen LogP contribution in [0.25, 0.3) is 0 Å². The third-order valence-corrected chi connectivity index (χ3v) is 4.98. The van der Waals surface area contributed by atoms with E-state index in [0.717, 1.165) is 13.2 Å². The fourth-order valence-electron chi connectivity index (χ4n) is 1.91. The summed E-state index contributed by atoms with van der Waals surface area (Å²) < 4.78 is 17.0. The Morgan fingerprint density at radius 2 is 1.19 bits per heavy atom. The molecular formula is C16H18LiO3P. The minimum absolute atomic E-state index is 0. The van der Waals surface area contributed by atoms with Gasteiger partial charge >= 0.3 is 18.9 Å². The molecule has 0 saturated carbocycles. The fraction of sp³-hybridized carbons (Fsp3) is 0.250. The van der Waals surface area contributed by atoms with Gasteiger partial charge < -0.3 is 14.2 Å². The van der Waals surface area contributed by atoms with Crippen LogP contribution in [0.5, 0.6) is 0 Å². The van der Waals surface area contributed by atoms with Crippen molar-refractivity contribution in [2.45, 2.75) is 12.8 Å². The Morgan fingerprint density at radius 1 is 0.810 bits per heavy atom. The van der Waals surface area contributed by atoms with Crippen molar-refractivity contribution in [3.05, 3.63) is 60.7 Å². The first kappa shape index (κ1) is 18.2. The van der Waals surface area contributed by atoms with Crippen molar-refractivity contribution >= 4 is 18.0 Å². The molecule has 0 amide bonds. The first-order valence-electron chi connectivity index (χ1n) is 6.71. The zero-order valence-corrected chi connectivity index (χ0v) is 13.2. The first-order valence-corrected chi connectivity index (χ1v) is 8.34. The standard InChI is InChI=1S/C12H11O2P.C4H8O.Li/c13-15(14,11-7-3-1-4-8-11)12-9-5-2-6-10-12;1-2-4-5-3-1;/h1-10H,(H,13,14);1-4H2;/q;;+1/p-1. The molecule has 0 N–H and O–H groups in total.